The van der Waals surface area contributed by atoms with E-state index in [1.54, 1.807) is 0 Å². The van der Waals surface area contributed by atoms with Gasteiger partial charge in [-0.25, -0.2) is 4.79 Å². The third-order valence-corrected chi connectivity index (χ3v) is 2.52. The van der Waals surface area contributed by atoms with Gasteiger partial charge in [-0.05, 0) is 0 Å². The molecule has 17 heavy (non-hydrogen) atoms. The first-order valence-corrected chi connectivity index (χ1v) is 5.40. The molecular weight excluding hydrogens is 218 g/mol. The number of esters is 1. The van der Waals surface area contributed by atoms with Crippen LogP contribution in [-0.4, -0.2) is 18.2 Å². The van der Waals surface area contributed by atoms with E-state index in [-0.39, 0.29) is 0 Å². The zero-order chi connectivity index (χ0) is 12.3. The highest BCUT2D eigenvalue weighted by molar-refractivity contribution is 5.97. The number of carbonyl (C=O) groups excluding carboxylic acids is 1. The predicted molar refractivity (Wildman–Crippen MR) is 62.7 cm³/mol. The summed E-state index contributed by atoms with van der Waals surface area (Å²) in [5, 5.41) is 3.95. The zero-order valence-corrected chi connectivity index (χ0v) is 9.77. The van der Waals surface area contributed by atoms with Gasteiger partial charge in [-0.3, -0.25) is 0 Å². The van der Waals surface area contributed by atoms with Crippen molar-refractivity contribution in [2.45, 2.75) is 13.3 Å². The molecule has 0 bridgehead atoms. The van der Waals surface area contributed by atoms with Gasteiger partial charge >= 0.3 is 5.97 Å². The predicted octanol–water partition coefficient (Wildman–Crippen LogP) is 2.69. The van der Waals surface area contributed by atoms with E-state index in [0.29, 0.717) is 23.4 Å². The van der Waals surface area contributed by atoms with Crippen LogP contribution in [-0.2, 0) is 11.2 Å². The van der Waals surface area contributed by atoms with Gasteiger partial charge < -0.3 is 9.26 Å². The Morgan fingerprint density at radius 3 is 2.65 bits per heavy atom. The van der Waals surface area contributed by atoms with Crippen molar-refractivity contribution < 1.29 is 14.1 Å². The number of ether oxygens (including phenoxy) is 1. The Balaban J connectivity index is 2.55. The van der Waals surface area contributed by atoms with E-state index in [1.807, 2.05) is 37.3 Å². The summed E-state index contributed by atoms with van der Waals surface area (Å²) in [6, 6.07) is 9.43. The van der Waals surface area contributed by atoms with Crippen LogP contribution in [0.5, 0.6) is 0 Å². The minimum Gasteiger partial charge on any atom is -0.465 e. The summed E-state index contributed by atoms with van der Waals surface area (Å²) in [6.07, 6.45) is 0.601. The molecule has 0 atom stereocenters. The second-order valence-corrected chi connectivity index (χ2v) is 3.54. The van der Waals surface area contributed by atoms with E-state index in [9.17, 15) is 4.79 Å². The summed E-state index contributed by atoms with van der Waals surface area (Å²) in [6.45, 7) is 1.90. The van der Waals surface area contributed by atoms with Crippen LogP contribution >= 0.6 is 0 Å². The number of carbonyl (C=O) groups is 1. The van der Waals surface area contributed by atoms with E-state index in [0.717, 1.165) is 5.56 Å². The first kappa shape index (κ1) is 11.4. The van der Waals surface area contributed by atoms with Gasteiger partial charge in [0.05, 0.1) is 7.11 Å². The van der Waals surface area contributed by atoms with E-state index in [2.05, 4.69) is 5.16 Å². The monoisotopic (exact) mass is 231 g/mol. The molecule has 0 fully saturated rings. The molecule has 0 saturated carbocycles. The van der Waals surface area contributed by atoms with E-state index in [1.165, 1.54) is 7.11 Å². The molecule has 0 aliphatic carbocycles. The van der Waals surface area contributed by atoms with Crippen LogP contribution in [0.25, 0.3) is 11.3 Å². The van der Waals surface area contributed by atoms with Crippen molar-refractivity contribution in [1.82, 2.24) is 5.16 Å². The number of rotatable bonds is 3. The zero-order valence-electron chi connectivity index (χ0n) is 9.77. The van der Waals surface area contributed by atoms with E-state index in [4.69, 9.17) is 9.26 Å². The van der Waals surface area contributed by atoms with Crippen LogP contribution in [0.3, 0.4) is 0 Å². The van der Waals surface area contributed by atoms with Crippen molar-refractivity contribution in [3.05, 3.63) is 41.7 Å². The van der Waals surface area contributed by atoms with Crippen molar-refractivity contribution in [3.8, 4) is 11.3 Å². The first-order valence-electron chi connectivity index (χ1n) is 5.40. The SMILES string of the molecule is CCc1onc(-c2ccccc2)c1C(=O)OC. The lowest BCUT2D eigenvalue weighted by molar-refractivity contribution is 0.0599. The molecule has 0 N–H and O–H groups in total. The molecule has 1 heterocycles. The van der Waals surface area contributed by atoms with Gasteiger partial charge in [0.25, 0.3) is 0 Å². The van der Waals surface area contributed by atoms with Gasteiger partial charge in [-0.15, -0.1) is 0 Å². The topological polar surface area (TPSA) is 52.3 Å². The van der Waals surface area contributed by atoms with Crippen molar-refractivity contribution in [2.75, 3.05) is 7.11 Å². The molecule has 0 unspecified atom stereocenters. The van der Waals surface area contributed by atoms with Gasteiger partial charge in [0, 0.05) is 12.0 Å². The first-order chi connectivity index (χ1) is 8.27. The Kier molecular flexibility index (Phi) is 3.23. The lowest BCUT2D eigenvalue weighted by atomic mass is 10.1. The quantitative estimate of drug-likeness (QED) is 0.762. The lowest BCUT2D eigenvalue weighted by Crippen LogP contribution is -2.04. The Bertz CT molecular complexity index is 517. The number of benzene rings is 1. The molecule has 88 valence electrons. The fourth-order valence-corrected chi connectivity index (χ4v) is 1.67. The van der Waals surface area contributed by atoms with Crippen molar-refractivity contribution in [2.24, 2.45) is 0 Å². The average molecular weight is 231 g/mol. The highest BCUT2D eigenvalue weighted by atomic mass is 16.5. The molecule has 0 amide bonds. The Hall–Kier alpha value is -2.10. The van der Waals surface area contributed by atoms with E-state index >= 15 is 0 Å². The van der Waals surface area contributed by atoms with Gasteiger partial charge in [0.15, 0.2) is 5.76 Å². The molecule has 1 aromatic carbocycles. The molecule has 0 radical (unpaired) electrons. The van der Waals surface area contributed by atoms with Gasteiger partial charge in [-0.1, -0.05) is 42.4 Å². The molecule has 0 aliphatic heterocycles. The minimum absolute atomic E-state index is 0.415. The number of hydrogen-bond acceptors (Lipinski definition) is 4. The lowest BCUT2D eigenvalue weighted by Gasteiger charge is -2.00. The van der Waals surface area contributed by atoms with Crippen LogP contribution in [0, 0.1) is 0 Å². The summed E-state index contributed by atoms with van der Waals surface area (Å²) in [5.74, 6) is 0.137. The number of methoxy groups -OCH3 is 1. The van der Waals surface area contributed by atoms with Crippen molar-refractivity contribution in [3.63, 3.8) is 0 Å². The molecule has 2 aromatic rings. The van der Waals surface area contributed by atoms with Crippen LogP contribution in [0.4, 0.5) is 0 Å². The number of aryl methyl sites for hydroxylation is 1. The van der Waals surface area contributed by atoms with Crippen LogP contribution in [0.2, 0.25) is 0 Å². The number of aromatic nitrogens is 1. The molecule has 0 aliphatic rings. The van der Waals surface area contributed by atoms with E-state index < -0.39 is 5.97 Å². The van der Waals surface area contributed by atoms with Gasteiger partial charge in [-0.2, -0.15) is 0 Å². The highest BCUT2D eigenvalue weighted by Gasteiger charge is 2.23. The molecule has 4 heteroatoms. The summed E-state index contributed by atoms with van der Waals surface area (Å²) in [4.78, 5) is 11.7. The maximum absolute atomic E-state index is 11.7. The molecule has 2 rings (SSSR count). The third-order valence-electron chi connectivity index (χ3n) is 2.52. The maximum atomic E-state index is 11.7. The number of hydrogen-bond donors (Lipinski definition) is 0. The summed E-state index contributed by atoms with van der Waals surface area (Å²) in [7, 11) is 1.35. The highest BCUT2D eigenvalue weighted by Crippen LogP contribution is 2.26. The molecular formula is C13H13NO3. The van der Waals surface area contributed by atoms with Crippen molar-refractivity contribution >= 4 is 5.97 Å². The Labute approximate surface area is 99.2 Å². The fourth-order valence-electron chi connectivity index (χ4n) is 1.67. The number of nitrogens with zero attached hydrogens (tertiary/aromatic N) is 1. The molecule has 1 aromatic heterocycles. The molecule has 4 nitrogen and oxygen atoms in total. The average Bonchev–Trinajstić information content (AvgIpc) is 2.82. The maximum Gasteiger partial charge on any atom is 0.343 e. The molecule has 0 spiro atoms. The van der Waals surface area contributed by atoms with Gasteiger partial charge in [0.2, 0.25) is 0 Å². The largest absolute Gasteiger partial charge is 0.465 e. The third kappa shape index (κ3) is 2.06. The Morgan fingerprint density at radius 1 is 1.35 bits per heavy atom. The standard InChI is InChI=1S/C13H13NO3/c1-3-10-11(13(15)16-2)12(14-17-10)9-7-5-4-6-8-9/h4-8H,3H2,1-2H3. The fraction of sp³-hybridized carbons (Fsp3) is 0.231. The summed E-state index contributed by atoms with van der Waals surface area (Å²) < 4.78 is 9.93. The molecule has 0 saturated heterocycles. The van der Waals surface area contributed by atoms with Gasteiger partial charge in [0.1, 0.15) is 11.3 Å². The van der Waals surface area contributed by atoms with Crippen LogP contribution in [0.15, 0.2) is 34.9 Å². The normalized spacial score (nSPS) is 10.2. The smallest absolute Gasteiger partial charge is 0.343 e. The van der Waals surface area contributed by atoms with Crippen molar-refractivity contribution in [1.29, 1.82) is 0 Å². The summed E-state index contributed by atoms with van der Waals surface area (Å²) >= 11 is 0. The second kappa shape index (κ2) is 4.82. The van der Waals surface area contributed by atoms with Crippen LogP contribution < -0.4 is 0 Å². The minimum atomic E-state index is -0.415. The summed E-state index contributed by atoms with van der Waals surface area (Å²) in [5.41, 5.74) is 1.80. The Morgan fingerprint density at radius 2 is 2.06 bits per heavy atom. The second-order valence-electron chi connectivity index (χ2n) is 3.54. The van der Waals surface area contributed by atoms with Crippen LogP contribution in [0.1, 0.15) is 23.0 Å².